The SMILES string of the molecule is CCC1CC(P)CC=C1CC1=CC(C2=CC[C@@H](C3=CCCC=C3)C=C2)=CC1. The third-order valence-corrected chi connectivity index (χ3v) is 7.09. The van der Waals surface area contributed by atoms with Gasteiger partial charge in [0.2, 0.25) is 0 Å². The monoisotopic (exact) mass is 376 g/mol. The maximum absolute atomic E-state index is 3.03. The molecule has 4 rings (SSSR count). The van der Waals surface area contributed by atoms with Crippen molar-refractivity contribution in [3.8, 4) is 0 Å². The quantitative estimate of drug-likeness (QED) is 0.346. The van der Waals surface area contributed by atoms with Crippen LogP contribution in [0.3, 0.4) is 0 Å². The van der Waals surface area contributed by atoms with Crippen LogP contribution in [0.1, 0.15) is 58.3 Å². The third kappa shape index (κ3) is 4.55. The molecule has 3 unspecified atom stereocenters. The molecule has 0 aliphatic heterocycles. The average Bonchev–Trinajstić information content (AvgIpc) is 3.19. The summed E-state index contributed by atoms with van der Waals surface area (Å²) in [5.41, 5.74) is 8.46. The number of allylic oxidation sites excluding steroid dienone is 14. The summed E-state index contributed by atoms with van der Waals surface area (Å²) in [6.07, 6.45) is 31.5. The van der Waals surface area contributed by atoms with Crippen molar-refractivity contribution in [1.29, 1.82) is 0 Å². The number of hydrogen-bond donors (Lipinski definition) is 0. The van der Waals surface area contributed by atoms with Gasteiger partial charge in [-0.05, 0) is 79.7 Å². The Morgan fingerprint density at radius 1 is 1.00 bits per heavy atom. The highest BCUT2D eigenvalue weighted by atomic mass is 31.0. The van der Waals surface area contributed by atoms with Crippen LogP contribution in [0.5, 0.6) is 0 Å². The van der Waals surface area contributed by atoms with Crippen LogP contribution >= 0.6 is 9.24 Å². The van der Waals surface area contributed by atoms with Gasteiger partial charge in [0.25, 0.3) is 0 Å². The van der Waals surface area contributed by atoms with Gasteiger partial charge >= 0.3 is 0 Å². The molecule has 0 saturated carbocycles. The van der Waals surface area contributed by atoms with Crippen LogP contribution in [0.2, 0.25) is 0 Å². The summed E-state index contributed by atoms with van der Waals surface area (Å²) in [7, 11) is 3.03. The highest BCUT2D eigenvalue weighted by Gasteiger charge is 2.22. The second-order valence-electron chi connectivity index (χ2n) is 8.50. The van der Waals surface area contributed by atoms with E-state index in [0.717, 1.165) is 24.4 Å². The standard InChI is InChI=1S/C26H33P/c1-2-20-18-26(27)15-14-24(20)16-19-8-9-25(17-19)23-12-10-22(11-13-23)21-6-4-3-5-7-21/h4,6-7,9-10,12-14,17,20,22,26H,2-3,5,8,11,15-16,18,27H2,1H3/t20?,22-,26?/m0/s1. The lowest BCUT2D eigenvalue weighted by Gasteiger charge is -2.27. The molecule has 0 heterocycles. The van der Waals surface area contributed by atoms with E-state index in [0.29, 0.717) is 5.92 Å². The van der Waals surface area contributed by atoms with Gasteiger partial charge in [0, 0.05) is 5.92 Å². The minimum absolute atomic E-state index is 0.577. The molecule has 27 heavy (non-hydrogen) atoms. The van der Waals surface area contributed by atoms with E-state index in [9.17, 15) is 0 Å². The van der Waals surface area contributed by atoms with Crippen molar-refractivity contribution < 1.29 is 0 Å². The summed E-state index contributed by atoms with van der Waals surface area (Å²) in [4.78, 5) is 0. The molecule has 4 aliphatic carbocycles. The average molecular weight is 377 g/mol. The first kappa shape index (κ1) is 18.9. The molecule has 4 aliphatic rings. The van der Waals surface area contributed by atoms with E-state index >= 15 is 0 Å². The highest BCUT2D eigenvalue weighted by Crippen LogP contribution is 2.38. The van der Waals surface area contributed by atoms with E-state index in [1.54, 1.807) is 11.1 Å². The summed E-state index contributed by atoms with van der Waals surface area (Å²) >= 11 is 0. The van der Waals surface area contributed by atoms with E-state index < -0.39 is 0 Å². The van der Waals surface area contributed by atoms with E-state index in [4.69, 9.17) is 0 Å². The zero-order chi connectivity index (χ0) is 18.6. The highest BCUT2D eigenvalue weighted by molar-refractivity contribution is 7.17. The first-order valence-corrected chi connectivity index (χ1v) is 11.5. The summed E-state index contributed by atoms with van der Waals surface area (Å²) in [5.74, 6) is 1.37. The fourth-order valence-electron chi connectivity index (χ4n) is 4.88. The van der Waals surface area contributed by atoms with Crippen molar-refractivity contribution in [3.05, 3.63) is 82.5 Å². The first-order chi connectivity index (χ1) is 13.2. The number of rotatable bonds is 5. The maximum Gasteiger partial charge on any atom is 0.00528 e. The van der Waals surface area contributed by atoms with Gasteiger partial charge in [0.15, 0.2) is 0 Å². The molecule has 0 spiro atoms. The fraction of sp³-hybridized carbons (Fsp3) is 0.462. The maximum atomic E-state index is 3.03. The van der Waals surface area contributed by atoms with Crippen LogP contribution < -0.4 is 0 Å². The normalized spacial score (nSPS) is 30.4. The molecule has 0 nitrogen and oxygen atoms in total. The largest absolute Gasteiger partial charge is 0.134 e. The molecule has 0 amide bonds. The Morgan fingerprint density at radius 3 is 2.67 bits per heavy atom. The van der Waals surface area contributed by atoms with Crippen LogP contribution in [-0.2, 0) is 0 Å². The molecule has 0 aromatic rings. The predicted molar refractivity (Wildman–Crippen MR) is 122 cm³/mol. The Labute approximate surface area is 167 Å². The Morgan fingerprint density at radius 2 is 1.93 bits per heavy atom. The molecular formula is C26H33P. The molecule has 0 radical (unpaired) electrons. The van der Waals surface area contributed by atoms with E-state index in [2.05, 4.69) is 70.8 Å². The summed E-state index contributed by atoms with van der Waals surface area (Å²) in [6, 6.07) is 0. The van der Waals surface area contributed by atoms with Crippen molar-refractivity contribution in [2.45, 2.75) is 63.9 Å². The Bertz CT molecular complexity index is 781. The van der Waals surface area contributed by atoms with Gasteiger partial charge in [-0.1, -0.05) is 72.8 Å². The van der Waals surface area contributed by atoms with Crippen LogP contribution in [0.25, 0.3) is 0 Å². The topological polar surface area (TPSA) is 0 Å². The van der Waals surface area contributed by atoms with Gasteiger partial charge in [0.05, 0.1) is 0 Å². The van der Waals surface area contributed by atoms with Gasteiger partial charge in [-0.25, -0.2) is 0 Å². The molecular weight excluding hydrogens is 343 g/mol. The van der Waals surface area contributed by atoms with Crippen molar-refractivity contribution >= 4 is 9.24 Å². The van der Waals surface area contributed by atoms with Crippen molar-refractivity contribution in [1.82, 2.24) is 0 Å². The minimum Gasteiger partial charge on any atom is -0.134 e. The van der Waals surface area contributed by atoms with Crippen molar-refractivity contribution in [2.75, 3.05) is 0 Å². The van der Waals surface area contributed by atoms with Gasteiger partial charge in [-0.15, -0.1) is 9.24 Å². The lowest BCUT2D eigenvalue weighted by Crippen LogP contribution is -2.15. The molecule has 1 heteroatoms. The van der Waals surface area contributed by atoms with E-state index in [1.807, 2.05) is 0 Å². The van der Waals surface area contributed by atoms with Gasteiger partial charge in [-0.2, -0.15) is 0 Å². The first-order valence-electron chi connectivity index (χ1n) is 10.8. The van der Waals surface area contributed by atoms with Crippen LogP contribution in [0, 0.1) is 11.8 Å². The molecule has 0 aromatic carbocycles. The van der Waals surface area contributed by atoms with Crippen LogP contribution in [0.15, 0.2) is 82.5 Å². The molecule has 4 atom stereocenters. The zero-order valence-electron chi connectivity index (χ0n) is 16.7. The third-order valence-electron chi connectivity index (χ3n) is 6.55. The lowest BCUT2D eigenvalue weighted by atomic mass is 9.82. The van der Waals surface area contributed by atoms with Crippen LogP contribution in [0.4, 0.5) is 0 Å². The van der Waals surface area contributed by atoms with Gasteiger partial charge < -0.3 is 0 Å². The fourth-order valence-corrected chi connectivity index (χ4v) is 5.35. The zero-order valence-corrected chi connectivity index (χ0v) is 17.8. The second kappa shape index (κ2) is 8.74. The van der Waals surface area contributed by atoms with Gasteiger partial charge in [-0.3, -0.25) is 0 Å². The molecule has 0 fully saturated rings. The lowest BCUT2D eigenvalue weighted by molar-refractivity contribution is 0.495. The Balaban J connectivity index is 1.38. The Kier molecular flexibility index (Phi) is 6.14. The number of hydrogen-bond acceptors (Lipinski definition) is 0. The van der Waals surface area contributed by atoms with Crippen molar-refractivity contribution in [2.24, 2.45) is 11.8 Å². The van der Waals surface area contributed by atoms with Crippen LogP contribution in [-0.4, -0.2) is 5.66 Å². The van der Waals surface area contributed by atoms with Crippen molar-refractivity contribution in [3.63, 3.8) is 0 Å². The molecule has 0 bridgehead atoms. The van der Waals surface area contributed by atoms with E-state index in [-0.39, 0.29) is 0 Å². The summed E-state index contributed by atoms with van der Waals surface area (Å²) in [5, 5.41) is 0. The van der Waals surface area contributed by atoms with Gasteiger partial charge in [0.1, 0.15) is 0 Å². The Hall–Kier alpha value is -1.39. The molecule has 0 N–H and O–H groups in total. The molecule has 0 saturated heterocycles. The predicted octanol–water partition coefficient (Wildman–Crippen LogP) is 7.40. The molecule has 142 valence electrons. The second-order valence-corrected chi connectivity index (χ2v) is 9.45. The molecule has 0 aromatic heterocycles. The summed E-state index contributed by atoms with van der Waals surface area (Å²) < 4.78 is 0. The smallest absolute Gasteiger partial charge is 0.00528 e. The van der Waals surface area contributed by atoms with E-state index in [1.165, 1.54) is 55.2 Å². The summed E-state index contributed by atoms with van der Waals surface area (Å²) in [6.45, 7) is 2.35. The minimum atomic E-state index is 0.577.